The highest BCUT2D eigenvalue weighted by Gasteiger charge is 2.26. The number of aromatic hydroxyl groups is 3. The van der Waals surface area contributed by atoms with Gasteiger partial charge in [-0.2, -0.15) is 0 Å². The fraction of sp³-hybridized carbons (Fsp3) is 0.571. The Kier molecular flexibility index (Phi) is 4.50. The Labute approximate surface area is 113 Å². The van der Waals surface area contributed by atoms with Gasteiger partial charge in [0.15, 0.2) is 0 Å². The fourth-order valence-electron chi connectivity index (χ4n) is 2.73. The van der Waals surface area contributed by atoms with Gasteiger partial charge in [-0.15, -0.1) is 0 Å². The summed E-state index contributed by atoms with van der Waals surface area (Å²) in [6.45, 7) is 5.71. The van der Waals surface area contributed by atoms with Gasteiger partial charge in [0, 0.05) is 44.4 Å². The normalized spacial score (nSPS) is 18.4. The smallest absolute Gasteiger partial charge is 0.127 e. The zero-order chi connectivity index (χ0) is 13.8. The Morgan fingerprint density at radius 1 is 1.16 bits per heavy atom. The summed E-state index contributed by atoms with van der Waals surface area (Å²) in [6, 6.07) is 2.58. The number of hydrogen-bond acceptors (Lipinski definition) is 5. The molecule has 1 aromatic rings. The lowest BCUT2D eigenvalue weighted by atomic mass is 9.97. The molecular formula is C14H22N2O3. The van der Waals surface area contributed by atoms with Crippen LogP contribution in [0.2, 0.25) is 0 Å². The van der Waals surface area contributed by atoms with Gasteiger partial charge in [-0.3, -0.25) is 4.90 Å². The Hall–Kier alpha value is -1.46. The number of nitrogens with zero attached hydrogens (tertiary/aromatic N) is 1. The van der Waals surface area contributed by atoms with E-state index in [1.54, 1.807) is 0 Å². The summed E-state index contributed by atoms with van der Waals surface area (Å²) in [6.07, 6.45) is 1.83. The first-order chi connectivity index (χ1) is 9.13. The molecule has 2 rings (SSSR count). The molecule has 0 radical (unpaired) electrons. The van der Waals surface area contributed by atoms with E-state index >= 15 is 0 Å². The molecule has 1 aliphatic heterocycles. The first-order valence-electron chi connectivity index (χ1n) is 6.83. The third-order valence-electron chi connectivity index (χ3n) is 3.61. The average Bonchev–Trinajstić information content (AvgIpc) is 2.37. The molecule has 1 atom stereocenters. The molecule has 0 spiro atoms. The summed E-state index contributed by atoms with van der Waals surface area (Å²) in [7, 11) is 0. The van der Waals surface area contributed by atoms with Gasteiger partial charge in [-0.05, 0) is 6.42 Å². The van der Waals surface area contributed by atoms with Gasteiger partial charge in [-0.1, -0.05) is 13.3 Å². The summed E-state index contributed by atoms with van der Waals surface area (Å²) < 4.78 is 0. The Bertz CT molecular complexity index is 408. The highest BCUT2D eigenvalue weighted by atomic mass is 16.3. The predicted molar refractivity (Wildman–Crippen MR) is 73.5 cm³/mol. The summed E-state index contributed by atoms with van der Waals surface area (Å²) in [5.74, 6) is -0.182. The lowest BCUT2D eigenvalue weighted by Gasteiger charge is -2.35. The molecule has 1 fully saturated rings. The van der Waals surface area contributed by atoms with E-state index in [1.165, 1.54) is 12.1 Å². The maximum atomic E-state index is 10.0. The van der Waals surface area contributed by atoms with Crippen molar-refractivity contribution in [1.82, 2.24) is 10.2 Å². The summed E-state index contributed by atoms with van der Waals surface area (Å²) in [4.78, 5) is 2.27. The number of rotatable bonds is 4. The van der Waals surface area contributed by atoms with Crippen LogP contribution in [-0.2, 0) is 0 Å². The first kappa shape index (κ1) is 14.0. The van der Waals surface area contributed by atoms with Gasteiger partial charge in [0.25, 0.3) is 0 Å². The lowest BCUT2D eigenvalue weighted by molar-refractivity contribution is 0.159. The number of phenols is 3. The van der Waals surface area contributed by atoms with E-state index in [9.17, 15) is 15.3 Å². The zero-order valence-corrected chi connectivity index (χ0v) is 11.3. The number of nitrogens with one attached hydrogen (secondary N) is 1. The monoisotopic (exact) mass is 266 g/mol. The Morgan fingerprint density at radius 2 is 1.74 bits per heavy atom. The standard InChI is InChI=1S/C14H22N2O3/c1-2-3-11(16-6-4-15-5-7-16)14-12(18)8-10(17)9-13(14)19/h8-9,11,15,17-19H,2-7H2,1H3/t11-/m0/s1. The number of phenolic OH excluding ortho intramolecular Hbond substituents is 3. The average molecular weight is 266 g/mol. The van der Waals surface area contributed by atoms with E-state index in [1.807, 2.05) is 0 Å². The van der Waals surface area contributed by atoms with Crippen LogP contribution in [0.4, 0.5) is 0 Å². The third-order valence-corrected chi connectivity index (χ3v) is 3.61. The quantitative estimate of drug-likeness (QED) is 0.665. The molecule has 0 bridgehead atoms. The fourth-order valence-corrected chi connectivity index (χ4v) is 2.73. The summed E-state index contributed by atoms with van der Waals surface area (Å²) in [5, 5.41) is 32.8. The third kappa shape index (κ3) is 3.11. The van der Waals surface area contributed by atoms with E-state index in [0.29, 0.717) is 5.56 Å². The number of hydrogen-bond donors (Lipinski definition) is 4. The van der Waals surface area contributed by atoms with Gasteiger partial charge in [-0.25, -0.2) is 0 Å². The Morgan fingerprint density at radius 3 is 2.26 bits per heavy atom. The first-order valence-corrected chi connectivity index (χ1v) is 6.83. The van der Waals surface area contributed by atoms with Crippen molar-refractivity contribution in [2.24, 2.45) is 0 Å². The van der Waals surface area contributed by atoms with Gasteiger partial charge >= 0.3 is 0 Å². The van der Waals surface area contributed by atoms with Crippen LogP contribution in [-0.4, -0.2) is 46.4 Å². The van der Waals surface area contributed by atoms with Crippen molar-refractivity contribution in [3.8, 4) is 17.2 Å². The van der Waals surface area contributed by atoms with Crippen LogP contribution >= 0.6 is 0 Å². The van der Waals surface area contributed by atoms with Crippen LogP contribution in [0.5, 0.6) is 17.2 Å². The maximum Gasteiger partial charge on any atom is 0.127 e. The van der Waals surface area contributed by atoms with Crippen molar-refractivity contribution in [1.29, 1.82) is 0 Å². The largest absolute Gasteiger partial charge is 0.508 e. The minimum absolute atomic E-state index is 0.00676. The number of piperazine rings is 1. The molecule has 19 heavy (non-hydrogen) atoms. The second-order valence-electron chi connectivity index (χ2n) is 4.99. The predicted octanol–water partition coefficient (Wildman–Crippen LogP) is 1.55. The molecule has 0 unspecified atom stereocenters. The highest BCUT2D eigenvalue weighted by Crippen LogP contribution is 2.40. The SMILES string of the molecule is CCC[C@@H](c1c(O)cc(O)cc1O)N1CCNCC1. The van der Waals surface area contributed by atoms with Crippen LogP contribution < -0.4 is 5.32 Å². The Balaban J connectivity index is 2.32. The minimum Gasteiger partial charge on any atom is -0.508 e. The molecule has 106 valence electrons. The van der Waals surface area contributed by atoms with Crippen LogP contribution in [0, 0.1) is 0 Å². The lowest BCUT2D eigenvalue weighted by Crippen LogP contribution is -2.45. The molecule has 0 aliphatic carbocycles. The maximum absolute atomic E-state index is 10.0. The number of benzene rings is 1. The van der Waals surface area contributed by atoms with Crippen LogP contribution in [0.15, 0.2) is 12.1 Å². The van der Waals surface area contributed by atoms with Crippen LogP contribution in [0.1, 0.15) is 31.4 Å². The van der Waals surface area contributed by atoms with Crippen molar-refractivity contribution < 1.29 is 15.3 Å². The van der Waals surface area contributed by atoms with E-state index < -0.39 is 0 Å². The summed E-state index contributed by atoms with van der Waals surface area (Å²) in [5.41, 5.74) is 0.529. The van der Waals surface area contributed by atoms with Crippen molar-refractivity contribution in [3.63, 3.8) is 0 Å². The zero-order valence-electron chi connectivity index (χ0n) is 11.3. The molecule has 1 aromatic carbocycles. The molecule has 0 amide bonds. The minimum atomic E-state index is -0.116. The second kappa shape index (κ2) is 6.12. The van der Waals surface area contributed by atoms with E-state index in [0.717, 1.165) is 39.0 Å². The van der Waals surface area contributed by atoms with Gasteiger partial charge < -0.3 is 20.6 Å². The van der Waals surface area contributed by atoms with Crippen LogP contribution in [0.3, 0.4) is 0 Å². The van der Waals surface area contributed by atoms with Crippen molar-refractivity contribution in [2.75, 3.05) is 26.2 Å². The molecule has 1 heterocycles. The van der Waals surface area contributed by atoms with Crippen molar-refractivity contribution >= 4 is 0 Å². The molecule has 5 nitrogen and oxygen atoms in total. The second-order valence-corrected chi connectivity index (χ2v) is 4.99. The van der Waals surface area contributed by atoms with Gasteiger partial charge in [0.2, 0.25) is 0 Å². The van der Waals surface area contributed by atoms with Crippen LogP contribution in [0.25, 0.3) is 0 Å². The molecule has 0 aromatic heterocycles. The molecule has 4 N–H and O–H groups in total. The molecule has 5 heteroatoms. The van der Waals surface area contributed by atoms with E-state index in [4.69, 9.17) is 0 Å². The molecule has 0 saturated carbocycles. The van der Waals surface area contributed by atoms with Gasteiger partial charge in [0.05, 0.1) is 5.56 Å². The highest BCUT2D eigenvalue weighted by molar-refractivity contribution is 5.50. The van der Waals surface area contributed by atoms with Crippen molar-refractivity contribution in [2.45, 2.75) is 25.8 Å². The van der Waals surface area contributed by atoms with E-state index in [2.05, 4.69) is 17.1 Å². The topological polar surface area (TPSA) is 76.0 Å². The van der Waals surface area contributed by atoms with Gasteiger partial charge in [0.1, 0.15) is 17.2 Å². The van der Waals surface area contributed by atoms with E-state index in [-0.39, 0.29) is 23.3 Å². The van der Waals surface area contributed by atoms with Crippen molar-refractivity contribution in [3.05, 3.63) is 17.7 Å². The molecular weight excluding hydrogens is 244 g/mol. The molecule has 1 saturated heterocycles. The summed E-state index contributed by atoms with van der Waals surface area (Å²) >= 11 is 0. The molecule has 1 aliphatic rings.